The van der Waals surface area contributed by atoms with Crippen LogP contribution in [0.25, 0.3) is 5.69 Å². The molecule has 1 amide bonds. The molecule has 0 spiro atoms. The van der Waals surface area contributed by atoms with Crippen LogP contribution in [0.15, 0.2) is 44.4 Å². The first-order valence-electron chi connectivity index (χ1n) is 7.50. The number of amides is 1. The second-order valence-corrected chi connectivity index (χ2v) is 5.38. The van der Waals surface area contributed by atoms with Crippen LogP contribution in [0.3, 0.4) is 0 Å². The average molecular weight is 357 g/mol. The van der Waals surface area contributed by atoms with Crippen LogP contribution in [0, 0.1) is 6.92 Å². The Morgan fingerprint density at radius 2 is 1.92 bits per heavy atom. The Balaban J connectivity index is 2.05. The van der Waals surface area contributed by atoms with Gasteiger partial charge in [-0.15, -0.1) is 0 Å². The highest BCUT2D eigenvalue weighted by Gasteiger charge is 2.19. The molecule has 2 aromatic heterocycles. The van der Waals surface area contributed by atoms with E-state index in [0.29, 0.717) is 17.2 Å². The van der Waals surface area contributed by atoms with Crippen LogP contribution in [-0.2, 0) is 7.05 Å². The lowest BCUT2D eigenvalue weighted by atomic mass is 10.3. The van der Waals surface area contributed by atoms with Gasteiger partial charge in [0, 0.05) is 13.1 Å². The zero-order valence-corrected chi connectivity index (χ0v) is 14.2. The molecule has 1 aromatic carbocycles. The number of benzene rings is 1. The van der Waals surface area contributed by atoms with E-state index in [2.05, 4.69) is 15.6 Å². The fourth-order valence-electron chi connectivity index (χ4n) is 2.21. The van der Waals surface area contributed by atoms with Gasteiger partial charge in [-0.05, 0) is 31.2 Å². The van der Waals surface area contributed by atoms with Crippen molar-refractivity contribution < 1.29 is 14.1 Å². The largest absolute Gasteiger partial charge is 0.497 e. The molecule has 0 fully saturated rings. The Morgan fingerprint density at radius 1 is 1.23 bits per heavy atom. The fraction of sp³-hybridized carbons (Fsp3) is 0.188. The first kappa shape index (κ1) is 17.1. The molecule has 3 rings (SSSR count). The molecule has 2 heterocycles. The van der Waals surface area contributed by atoms with E-state index in [9.17, 15) is 14.4 Å². The van der Waals surface area contributed by atoms with E-state index in [1.54, 1.807) is 31.2 Å². The lowest BCUT2D eigenvalue weighted by Gasteiger charge is -2.09. The van der Waals surface area contributed by atoms with Crippen LogP contribution in [0.1, 0.15) is 16.2 Å². The van der Waals surface area contributed by atoms with Gasteiger partial charge < -0.3 is 14.6 Å². The molecule has 26 heavy (non-hydrogen) atoms. The minimum absolute atomic E-state index is 0.138. The highest BCUT2D eigenvalue weighted by molar-refractivity contribution is 6.01. The van der Waals surface area contributed by atoms with Crippen molar-refractivity contribution in [2.75, 3.05) is 12.4 Å². The van der Waals surface area contributed by atoms with Crippen LogP contribution >= 0.6 is 0 Å². The van der Waals surface area contributed by atoms with Crippen molar-refractivity contribution in [2.24, 2.45) is 7.05 Å². The average Bonchev–Trinajstić information content (AvgIpc) is 3.04. The molecule has 0 aliphatic carbocycles. The molecule has 0 atom stereocenters. The van der Waals surface area contributed by atoms with Gasteiger partial charge in [-0.1, -0.05) is 5.16 Å². The second kappa shape index (κ2) is 6.67. The number of hydrogen-bond acceptors (Lipinski definition) is 7. The van der Waals surface area contributed by atoms with Crippen molar-refractivity contribution >= 4 is 11.7 Å². The number of aromatic nitrogens is 4. The Kier molecular flexibility index (Phi) is 4.40. The maximum atomic E-state index is 12.4. The van der Waals surface area contributed by atoms with Crippen LogP contribution in [0.4, 0.5) is 5.82 Å². The molecule has 0 aliphatic rings. The molecule has 0 saturated heterocycles. The van der Waals surface area contributed by atoms with Crippen LogP contribution in [-0.4, -0.2) is 32.5 Å². The van der Waals surface area contributed by atoms with Crippen molar-refractivity contribution in [3.05, 3.63) is 62.6 Å². The molecular weight excluding hydrogens is 342 g/mol. The first-order chi connectivity index (χ1) is 12.4. The number of methoxy groups -OCH3 is 1. The van der Waals surface area contributed by atoms with Gasteiger partial charge in [0.25, 0.3) is 11.5 Å². The Morgan fingerprint density at radius 3 is 2.50 bits per heavy atom. The van der Waals surface area contributed by atoms with E-state index in [1.165, 1.54) is 20.2 Å². The van der Waals surface area contributed by atoms with E-state index in [0.717, 1.165) is 9.25 Å². The predicted octanol–water partition coefficient (Wildman–Crippen LogP) is 0.489. The number of carbonyl (C=O) groups is 1. The third-order valence-electron chi connectivity index (χ3n) is 3.58. The molecule has 10 heteroatoms. The van der Waals surface area contributed by atoms with Crippen molar-refractivity contribution in [2.45, 2.75) is 6.92 Å². The summed E-state index contributed by atoms with van der Waals surface area (Å²) in [7, 11) is 2.78. The molecule has 10 nitrogen and oxygen atoms in total. The Hall–Kier alpha value is -3.69. The topological polar surface area (TPSA) is 121 Å². The van der Waals surface area contributed by atoms with Crippen molar-refractivity contribution in [1.29, 1.82) is 0 Å². The standard InChI is InChI=1S/C16H15N5O5/c1-9-8-12(19-26-9)17-14(22)13-15(23)20(2)16(24)21(18-13)10-4-6-11(25-3)7-5-10/h4-8H,1-3H3,(H,17,19,22). The van der Waals surface area contributed by atoms with E-state index in [4.69, 9.17) is 9.26 Å². The van der Waals surface area contributed by atoms with Gasteiger partial charge in [0.05, 0.1) is 12.8 Å². The lowest BCUT2D eigenvalue weighted by molar-refractivity contribution is 0.101. The summed E-state index contributed by atoms with van der Waals surface area (Å²) < 4.78 is 11.7. The van der Waals surface area contributed by atoms with Crippen LogP contribution < -0.4 is 21.3 Å². The summed E-state index contributed by atoms with van der Waals surface area (Å²) in [6, 6.07) is 7.92. The van der Waals surface area contributed by atoms with Crippen LogP contribution in [0.2, 0.25) is 0 Å². The minimum atomic E-state index is -0.822. The number of anilines is 1. The summed E-state index contributed by atoms with van der Waals surface area (Å²) in [5, 5.41) is 9.95. The number of carbonyl (C=O) groups excluding carboxylic acids is 1. The monoisotopic (exact) mass is 357 g/mol. The summed E-state index contributed by atoms with van der Waals surface area (Å²) >= 11 is 0. The Bertz CT molecular complexity index is 1080. The number of nitrogens with one attached hydrogen (secondary N) is 1. The molecule has 3 aromatic rings. The normalized spacial score (nSPS) is 10.6. The van der Waals surface area contributed by atoms with E-state index in [-0.39, 0.29) is 5.82 Å². The summed E-state index contributed by atoms with van der Waals surface area (Å²) in [5.74, 6) is 0.412. The zero-order chi connectivity index (χ0) is 18.8. The first-order valence-corrected chi connectivity index (χ1v) is 7.50. The quantitative estimate of drug-likeness (QED) is 0.721. The zero-order valence-electron chi connectivity index (χ0n) is 14.2. The molecule has 0 saturated carbocycles. The van der Waals surface area contributed by atoms with E-state index in [1.807, 2.05) is 0 Å². The molecule has 0 radical (unpaired) electrons. The Labute approximate surface area is 146 Å². The third-order valence-corrected chi connectivity index (χ3v) is 3.58. The van der Waals surface area contributed by atoms with E-state index < -0.39 is 22.9 Å². The van der Waals surface area contributed by atoms with Gasteiger partial charge in [0.2, 0.25) is 5.69 Å². The molecule has 0 unspecified atom stereocenters. The van der Waals surface area contributed by atoms with Gasteiger partial charge >= 0.3 is 5.69 Å². The van der Waals surface area contributed by atoms with Gasteiger partial charge in [0.1, 0.15) is 11.5 Å². The maximum absolute atomic E-state index is 12.4. The molecular formula is C16H15N5O5. The number of hydrogen-bond donors (Lipinski definition) is 1. The van der Waals surface area contributed by atoms with Gasteiger partial charge in [-0.25, -0.2) is 4.79 Å². The molecule has 0 aliphatic heterocycles. The molecule has 134 valence electrons. The summed E-state index contributed by atoms with van der Waals surface area (Å²) in [4.78, 5) is 37.0. The van der Waals surface area contributed by atoms with Gasteiger partial charge in [-0.3, -0.25) is 14.2 Å². The lowest BCUT2D eigenvalue weighted by Crippen LogP contribution is -2.43. The maximum Gasteiger partial charge on any atom is 0.351 e. The van der Waals surface area contributed by atoms with Gasteiger partial charge in [0.15, 0.2) is 5.82 Å². The number of nitrogens with zero attached hydrogens (tertiary/aromatic N) is 4. The molecule has 1 N–H and O–H groups in total. The molecule has 0 bridgehead atoms. The third kappa shape index (κ3) is 3.11. The summed E-state index contributed by atoms with van der Waals surface area (Å²) in [6.45, 7) is 1.66. The summed E-state index contributed by atoms with van der Waals surface area (Å²) in [6.07, 6.45) is 0. The van der Waals surface area contributed by atoms with Crippen molar-refractivity contribution in [3.8, 4) is 11.4 Å². The number of rotatable bonds is 4. The smallest absolute Gasteiger partial charge is 0.351 e. The SMILES string of the molecule is COc1ccc(-n2nc(C(=O)Nc3cc(C)on3)c(=O)n(C)c2=O)cc1. The van der Waals surface area contributed by atoms with Gasteiger partial charge in [-0.2, -0.15) is 9.78 Å². The minimum Gasteiger partial charge on any atom is -0.497 e. The fourth-order valence-corrected chi connectivity index (χ4v) is 2.21. The van der Waals surface area contributed by atoms with Crippen LogP contribution in [0.5, 0.6) is 5.75 Å². The second-order valence-electron chi connectivity index (χ2n) is 5.38. The van der Waals surface area contributed by atoms with E-state index >= 15 is 0 Å². The van der Waals surface area contributed by atoms with Crippen molar-refractivity contribution in [1.82, 2.24) is 19.5 Å². The number of aryl methyl sites for hydroxylation is 1. The predicted molar refractivity (Wildman–Crippen MR) is 90.8 cm³/mol. The highest BCUT2D eigenvalue weighted by Crippen LogP contribution is 2.13. The highest BCUT2D eigenvalue weighted by atomic mass is 16.5. The summed E-state index contributed by atoms with van der Waals surface area (Å²) in [5.41, 5.74) is -1.59. The number of ether oxygens (including phenoxy) is 1. The van der Waals surface area contributed by atoms with Crippen molar-refractivity contribution in [3.63, 3.8) is 0 Å².